The Balaban J connectivity index is 2.70. The van der Waals surface area contributed by atoms with Gasteiger partial charge in [0.25, 0.3) is 0 Å². The molecule has 0 fully saturated rings. The summed E-state index contributed by atoms with van der Waals surface area (Å²) in [6, 6.07) is 6.97. The summed E-state index contributed by atoms with van der Waals surface area (Å²) in [4.78, 5) is 0. The molecule has 112 valence electrons. The van der Waals surface area contributed by atoms with Crippen LogP contribution < -0.4 is 0 Å². The van der Waals surface area contributed by atoms with Crippen molar-refractivity contribution in [3.05, 3.63) is 56.5 Å². The van der Waals surface area contributed by atoms with Crippen LogP contribution in [0, 0.1) is 0 Å². The Hall–Kier alpha value is -0.420. The van der Waals surface area contributed by atoms with Crippen LogP contribution in [0.2, 0.25) is 15.1 Å². The van der Waals surface area contributed by atoms with Crippen LogP contribution in [0.1, 0.15) is 11.1 Å². The molecule has 0 nitrogen and oxygen atoms in total. The zero-order valence-electron chi connectivity index (χ0n) is 10.2. The lowest BCUT2D eigenvalue weighted by Crippen LogP contribution is -2.09. The molecule has 2 rings (SSSR count). The van der Waals surface area contributed by atoms with Crippen LogP contribution in [-0.4, -0.2) is 0 Å². The second-order valence-corrected chi connectivity index (χ2v) is 5.97. The van der Waals surface area contributed by atoms with Gasteiger partial charge >= 0.3 is 6.18 Å². The Labute approximate surface area is 142 Å². The third-order valence-corrected chi connectivity index (χ3v) is 4.67. The molecular weight excluding hydrogens is 411 g/mol. The van der Waals surface area contributed by atoms with E-state index in [1.807, 2.05) is 0 Å². The summed E-state index contributed by atoms with van der Waals surface area (Å²) in [6.07, 6.45) is -4.43. The van der Waals surface area contributed by atoms with E-state index < -0.39 is 11.7 Å². The third kappa shape index (κ3) is 3.50. The topological polar surface area (TPSA) is 0 Å². The highest BCUT2D eigenvalue weighted by Crippen LogP contribution is 2.40. The molecule has 7 heteroatoms. The summed E-state index contributed by atoms with van der Waals surface area (Å²) in [5.41, 5.74) is 0.315. The van der Waals surface area contributed by atoms with Crippen LogP contribution in [0.15, 0.2) is 30.3 Å². The fourth-order valence-corrected chi connectivity index (χ4v) is 3.18. The van der Waals surface area contributed by atoms with Crippen LogP contribution in [0.3, 0.4) is 0 Å². The van der Waals surface area contributed by atoms with Gasteiger partial charge in [0.05, 0.1) is 20.6 Å². The van der Waals surface area contributed by atoms with E-state index in [9.17, 15) is 13.2 Å². The zero-order chi connectivity index (χ0) is 15.8. The summed E-state index contributed by atoms with van der Waals surface area (Å²) < 4.78 is 39.2. The second kappa shape index (κ2) is 6.37. The number of rotatable bonds is 2. The van der Waals surface area contributed by atoms with Crippen molar-refractivity contribution in [2.45, 2.75) is 11.5 Å². The van der Waals surface area contributed by atoms with E-state index >= 15 is 0 Å². The monoisotopic (exact) mass is 416 g/mol. The standard InChI is InChI=1S/C14H7BrCl3F3/c15-6-9-8(2-1-3-10(9)14(19,20)21)7-4-11(16)13(18)12(17)5-7/h1-5H,6H2. The Morgan fingerprint density at radius 2 is 1.57 bits per heavy atom. The highest BCUT2D eigenvalue weighted by Gasteiger charge is 2.34. The molecular formula is C14H7BrCl3F3. The maximum Gasteiger partial charge on any atom is 0.416 e. The quantitative estimate of drug-likeness (QED) is 0.357. The van der Waals surface area contributed by atoms with E-state index in [-0.39, 0.29) is 26.0 Å². The van der Waals surface area contributed by atoms with Gasteiger partial charge in [-0.25, -0.2) is 0 Å². The Bertz CT molecular complexity index is 661. The Morgan fingerprint density at radius 3 is 2.05 bits per heavy atom. The lowest BCUT2D eigenvalue weighted by Gasteiger charge is -2.16. The number of benzene rings is 2. The first kappa shape index (κ1) is 16.9. The van der Waals surface area contributed by atoms with Gasteiger partial charge in [-0.3, -0.25) is 0 Å². The molecule has 21 heavy (non-hydrogen) atoms. The molecule has 0 amide bonds. The van der Waals surface area contributed by atoms with Gasteiger partial charge in [-0.05, 0) is 34.9 Å². The average Bonchev–Trinajstić information content (AvgIpc) is 2.42. The van der Waals surface area contributed by atoms with E-state index in [0.29, 0.717) is 11.1 Å². The Morgan fingerprint density at radius 1 is 1.00 bits per heavy atom. The van der Waals surface area contributed by atoms with Crippen molar-refractivity contribution in [1.29, 1.82) is 0 Å². The highest BCUT2D eigenvalue weighted by atomic mass is 79.9. The molecule has 0 bridgehead atoms. The normalized spacial score (nSPS) is 11.8. The SMILES string of the molecule is FC(F)(F)c1cccc(-c2cc(Cl)c(Cl)c(Cl)c2)c1CBr. The van der Waals surface area contributed by atoms with Crippen LogP contribution in [0.4, 0.5) is 13.2 Å². The first-order valence-electron chi connectivity index (χ1n) is 5.65. The summed E-state index contributed by atoms with van der Waals surface area (Å²) in [5, 5.41) is 0.610. The van der Waals surface area contributed by atoms with Gasteiger partial charge in [-0.2, -0.15) is 13.2 Å². The first-order valence-corrected chi connectivity index (χ1v) is 7.91. The van der Waals surface area contributed by atoms with Crippen LogP contribution in [0.5, 0.6) is 0 Å². The van der Waals surface area contributed by atoms with E-state index in [1.54, 1.807) is 6.07 Å². The van der Waals surface area contributed by atoms with E-state index in [2.05, 4.69) is 15.9 Å². The van der Waals surface area contributed by atoms with Crippen molar-refractivity contribution >= 4 is 50.7 Å². The Kier molecular flexibility index (Phi) is 5.14. The summed E-state index contributed by atoms with van der Waals surface area (Å²) >= 11 is 20.9. The van der Waals surface area contributed by atoms with Crippen LogP contribution >= 0.6 is 50.7 Å². The molecule has 0 aromatic heterocycles. The molecule has 2 aromatic rings. The molecule has 0 aliphatic heterocycles. The molecule has 0 heterocycles. The van der Waals surface area contributed by atoms with Crippen LogP contribution in [0.25, 0.3) is 11.1 Å². The summed E-state index contributed by atoms with van der Waals surface area (Å²) in [6.45, 7) is 0. The van der Waals surface area contributed by atoms with Crippen molar-refractivity contribution in [1.82, 2.24) is 0 Å². The van der Waals surface area contributed by atoms with Crippen molar-refractivity contribution in [3.8, 4) is 11.1 Å². The van der Waals surface area contributed by atoms with Crippen molar-refractivity contribution in [2.24, 2.45) is 0 Å². The largest absolute Gasteiger partial charge is 0.416 e. The number of alkyl halides is 4. The van der Waals surface area contributed by atoms with Crippen LogP contribution in [-0.2, 0) is 11.5 Å². The predicted octanol–water partition coefficient (Wildman–Crippen LogP) is 7.23. The minimum atomic E-state index is -4.43. The number of halogens is 7. The van der Waals surface area contributed by atoms with Gasteiger partial charge in [-0.1, -0.05) is 62.9 Å². The highest BCUT2D eigenvalue weighted by molar-refractivity contribution is 9.08. The summed E-state index contributed by atoms with van der Waals surface area (Å²) in [5.74, 6) is 0. The smallest absolute Gasteiger partial charge is 0.166 e. The minimum absolute atomic E-state index is 0.0515. The van der Waals surface area contributed by atoms with Crippen molar-refractivity contribution < 1.29 is 13.2 Å². The maximum atomic E-state index is 13.1. The van der Waals surface area contributed by atoms with Gasteiger partial charge in [0.15, 0.2) is 0 Å². The third-order valence-electron chi connectivity index (χ3n) is 2.91. The average molecular weight is 418 g/mol. The lowest BCUT2D eigenvalue weighted by molar-refractivity contribution is -0.138. The van der Waals surface area contributed by atoms with Crippen molar-refractivity contribution in [3.63, 3.8) is 0 Å². The van der Waals surface area contributed by atoms with E-state index in [4.69, 9.17) is 34.8 Å². The molecule has 0 unspecified atom stereocenters. The molecule has 0 radical (unpaired) electrons. The molecule has 0 aliphatic carbocycles. The first-order chi connectivity index (χ1) is 9.75. The van der Waals surface area contributed by atoms with Gasteiger partial charge in [0.2, 0.25) is 0 Å². The zero-order valence-corrected chi connectivity index (χ0v) is 14.1. The van der Waals surface area contributed by atoms with Gasteiger partial charge < -0.3 is 0 Å². The summed E-state index contributed by atoms with van der Waals surface area (Å²) in [7, 11) is 0. The van der Waals surface area contributed by atoms with Gasteiger partial charge in [0.1, 0.15) is 0 Å². The number of hydrogen-bond donors (Lipinski definition) is 0. The minimum Gasteiger partial charge on any atom is -0.166 e. The molecule has 0 spiro atoms. The molecule has 0 aliphatic rings. The maximum absolute atomic E-state index is 13.1. The molecule has 0 saturated carbocycles. The molecule has 2 aromatic carbocycles. The number of hydrogen-bond acceptors (Lipinski definition) is 0. The molecule has 0 saturated heterocycles. The molecule has 0 N–H and O–H groups in total. The van der Waals surface area contributed by atoms with E-state index in [0.717, 1.165) is 6.07 Å². The fourth-order valence-electron chi connectivity index (χ4n) is 1.98. The van der Waals surface area contributed by atoms with Gasteiger partial charge in [0, 0.05) is 5.33 Å². The predicted molar refractivity (Wildman–Crippen MR) is 84.5 cm³/mol. The van der Waals surface area contributed by atoms with Gasteiger partial charge in [-0.15, -0.1) is 0 Å². The fraction of sp³-hybridized carbons (Fsp3) is 0.143. The van der Waals surface area contributed by atoms with Crippen molar-refractivity contribution in [2.75, 3.05) is 0 Å². The van der Waals surface area contributed by atoms with E-state index in [1.165, 1.54) is 18.2 Å². The molecule has 0 atom stereocenters. The second-order valence-electron chi connectivity index (χ2n) is 4.22. The lowest BCUT2D eigenvalue weighted by atomic mass is 9.96.